The van der Waals surface area contributed by atoms with E-state index in [4.69, 9.17) is 15.6 Å². The van der Waals surface area contributed by atoms with Crippen molar-refractivity contribution >= 4 is 17.4 Å². The minimum absolute atomic E-state index is 0.0371. The van der Waals surface area contributed by atoms with E-state index in [1.165, 1.54) is 17.1 Å². The SMILES string of the molecule is COc1ccc(Nc2c(-c3ccc(F)cc3)nc3n2CC(=O)N(N)C3(C)C)cn1. The molecule has 0 bridgehead atoms. The fourth-order valence-corrected chi connectivity index (χ4v) is 3.35. The second-order valence-electron chi connectivity index (χ2n) is 7.26. The number of nitrogens with one attached hydrogen (secondary N) is 1. The van der Waals surface area contributed by atoms with Gasteiger partial charge in [-0.2, -0.15) is 0 Å². The number of amides is 1. The zero-order chi connectivity index (χ0) is 20.8. The fraction of sp³-hybridized carbons (Fsp3) is 0.250. The highest BCUT2D eigenvalue weighted by Gasteiger charge is 2.41. The molecule has 29 heavy (non-hydrogen) atoms. The van der Waals surface area contributed by atoms with E-state index in [2.05, 4.69) is 10.3 Å². The zero-order valence-electron chi connectivity index (χ0n) is 16.3. The van der Waals surface area contributed by atoms with Gasteiger partial charge in [-0.25, -0.2) is 20.2 Å². The first kappa shape index (κ1) is 18.9. The molecule has 0 saturated carbocycles. The van der Waals surface area contributed by atoms with Crippen LogP contribution in [-0.4, -0.2) is 32.6 Å². The molecule has 0 saturated heterocycles. The molecular formula is C20H21FN6O2. The predicted molar refractivity (Wildman–Crippen MR) is 106 cm³/mol. The molecule has 0 spiro atoms. The Morgan fingerprint density at radius 2 is 1.93 bits per heavy atom. The molecular weight excluding hydrogens is 375 g/mol. The van der Waals surface area contributed by atoms with E-state index < -0.39 is 5.54 Å². The van der Waals surface area contributed by atoms with E-state index in [9.17, 15) is 9.18 Å². The molecule has 2 aromatic heterocycles. The molecule has 1 aromatic carbocycles. The number of anilines is 2. The Labute approximate surface area is 167 Å². The van der Waals surface area contributed by atoms with Crippen LogP contribution in [0.25, 0.3) is 11.3 Å². The van der Waals surface area contributed by atoms with Crippen LogP contribution in [0.4, 0.5) is 15.9 Å². The third-order valence-electron chi connectivity index (χ3n) is 5.01. The van der Waals surface area contributed by atoms with Crippen molar-refractivity contribution in [3.63, 3.8) is 0 Å². The second kappa shape index (κ2) is 6.85. The Morgan fingerprint density at radius 1 is 1.21 bits per heavy atom. The van der Waals surface area contributed by atoms with Gasteiger partial charge in [0.2, 0.25) is 5.88 Å². The number of nitrogens with two attached hydrogens (primary N) is 1. The lowest BCUT2D eigenvalue weighted by Crippen LogP contribution is -2.56. The summed E-state index contributed by atoms with van der Waals surface area (Å²) in [5.74, 6) is 7.16. The van der Waals surface area contributed by atoms with Gasteiger partial charge in [0.25, 0.3) is 5.91 Å². The number of methoxy groups -OCH3 is 1. The van der Waals surface area contributed by atoms with Gasteiger partial charge in [-0.05, 0) is 44.2 Å². The smallest absolute Gasteiger partial charge is 0.257 e. The summed E-state index contributed by atoms with van der Waals surface area (Å²) >= 11 is 0. The van der Waals surface area contributed by atoms with E-state index in [0.717, 1.165) is 0 Å². The van der Waals surface area contributed by atoms with Gasteiger partial charge in [-0.1, -0.05) is 0 Å². The molecule has 0 aliphatic carbocycles. The van der Waals surface area contributed by atoms with E-state index in [1.54, 1.807) is 36.1 Å². The number of pyridine rings is 1. The maximum Gasteiger partial charge on any atom is 0.257 e. The van der Waals surface area contributed by atoms with Gasteiger partial charge in [0, 0.05) is 11.6 Å². The number of benzene rings is 1. The van der Waals surface area contributed by atoms with Crippen molar-refractivity contribution in [3.05, 3.63) is 54.2 Å². The molecule has 0 unspecified atom stereocenters. The average Bonchev–Trinajstić information content (AvgIpc) is 3.07. The van der Waals surface area contributed by atoms with Gasteiger partial charge in [0.15, 0.2) is 0 Å². The summed E-state index contributed by atoms with van der Waals surface area (Å²) in [4.78, 5) is 21.5. The summed E-state index contributed by atoms with van der Waals surface area (Å²) in [6.07, 6.45) is 1.62. The number of halogens is 1. The van der Waals surface area contributed by atoms with E-state index in [1.807, 2.05) is 19.9 Å². The molecule has 8 nitrogen and oxygen atoms in total. The number of carbonyl (C=O) groups excluding carboxylic acids is 1. The second-order valence-corrected chi connectivity index (χ2v) is 7.26. The van der Waals surface area contributed by atoms with Gasteiger partial charge in [-0.15, -0.1) is 0 Å². The van der Waals surface area contributed by atoms with Crippen LogP contribution in [0.1, 0.15) is 19.7 Å². The van der Waals surface area contributed by atoms with Crippen LogP contribution in [0, 0.1) is 5.82 Å². The third-order valence-corrected chi connectivity index (χ3v) is 5.01. The average molecular weight is 396 g/mol. The number of aromatic nitrogens is 3. The first-order chi connectivity index (χ1) is 13.8. The van der Waals surface area contributed by atoms with Crippen LogP contribution >= 0.6 is 0 Å². The number of fused-ring (bicyclic) bond motifs is 1. The number of imidazole rings is 1. The lowest BCUT2D eigenvalue weighted by Gasteiger charge is -2.38. The number of hydrogen-bond acceptors (Lipinski definition) is 6. The predicted octanol–water partition coefficient (Wildman–Crippen LogP) is 2.79. The molecule has 1 aliphatic rings. The summed E-state index contributed by atoms with van der Waals surface area (Å²) in [6, 6.07) is 9.58. The molecule has 150 valence electrons. The van der Waals surface area contributed by atoms with E-state index >= 15 is 0 Å². The van der Waals surface area contributed by atoms with Crippen LogP contribution < -0.4 is 15.9 Å². The van der Waals surface area contributed by atoms with Crippen molar-refractivity contribution in [2.75, 3.05) is 12.4 Å². The van der Waals surface area contributed by atoms with Crippen molar-refractivity contribution in [1.29, 1.82) is 0 Å². The highest BCUT2D eigenvalue weighted by molar-refractivity contribution is 5.82. The van der Waals surface area contributed by atoms with Gasteiger partial charge < -0.3 is 14.6 Å². The molecule has 3 N–H and O–H groups in total. The van der Waals surface area contributed by atoms with Gasteiger partial charge >= 0.3 is 0 Å². The minimum Gasteiger partial charge on any atom is -0.481 e. The van der Waals surface area contributed by atoms with E-state index in [0.29, 0.717) is 34.5 Å². The number of ether oxygens (including phenoxy) is 1. The van der Waals surface area contributed by atoms with Crippen molar-refractivity contribution in [2.45, 2.75) is 25.9 Å². The summed E-state index contributed by atoms with van der Waals surface area (Å²) < 4.78 is 20.3. The normalized spacial score (nSPS) is 15.2. The molecule has 3 aromatic rings. The lowest BCUT2D eigenvalue weighted by atomic mass is 10.0. The Bertz CT molecular complexity index is 1060. The molecule has 9 heteroatoms. The van der Waals surface area contributed by atoms with Crippen molar-refractivity contribution in [2.24, 2.45) is 5.84 Å². The molecule has 1 aliphatic heterocycles. The maximum atomic E-state index is 13.4. The fourth-order valence-electron chi connectivity index (χ4n) is 3.35. The highest BCUT2D eigenvalue weighted by Crippen LogP contribution is 2.38. The van der Waals surface area contributed by atoms with Crippen LogP contribution in [0.15, 0.2) is 42.6 Å². The van der Waals surface area contributed by atoms with Crippen molar-refractivity contribution in [3.8, 4) is 17.1 Å². The summed E-state index contributed by atoms with van der Waals surface area (Å²) in [7, 11) is 1.54. The van der Waals surface area contributed by atoms with E-state index in [-0.39, 0.29) is 18.3 Å². The number of carbonyl (C=O) groups is 1. The number of hydrazine groups is 1. The molecule has 0 radical (unpaired) electrons. The number of nitrogens with zero attached hydrogens (tertiary/aromatic N) is 4. The van der Waals surface area contributed by atoms with Gasteiger partial charge in [0.05, 0.1) is 19.0 Å². The van der Waals surface area contributed by atoms with Crippen LogP contribution in [0.3, 0.4) is 0 Å². The maximum absolute atomic E-state index is 13.4. The van der Waals surface area contributed by atoms with Gasteiger partial charge in [0.1, 0.15) is 35.2 Å². The molecule has 0 fully saturated rings. The lowest BCUT2D eigenvalue weighted by molar-refractivity contribution is -0.141. The Hall–Kier alpha value is -3.46. The summed E-state index contributed by atoms with van der Waals surface area (Å²) in [6.45, 7) is 3.70. The summed E-state index contributed by atoms with van der Waals surface area (Å²) in [5, 5.41) is 4.49. The van der Waals surface area contributed by atoms with Crippen molar-refractivity contribution in [1.82, 2.24) is 19.5 Å². The number of hydrogen-bond donors (Lipinski definition) is 2. The standard InChI is InChI=1S/C20H21FN6O2/c1-20(2)19-25-17(12-4-6-13(21)7-5-12)18(26(19)11-16(28)27(20)22)24-14-8-9-15(29-3)23-10-14/h4-10,24H,11,22H2,1-3H3. The molecule has 4 rings (SSSR count). The topological polar surface area (TPSA) is 98.3 Å². The largest absolute Gasteiger partial charge is 0.481 e. The molecule has 1 amide bonds. The minimum atomic E-state index is -0.817. The summed E-state index contributed by atoms with van der Waals surface area (Å²) in [5.41, 5.74) is 1.18. The van der Waals surface area contributed by atoms with Gasteiger partial charge in [-0.3, -0.25) is 9.80 Å². The molecule has 0 atom stereocenters. The van der Waals surface area contributed by atoms with Crippen LogP contribution in [0.2, 0.25) is 0 Å². The quantitative estimate of drug-likeness (QED) is 0.520. The van der Waals surface area contributed by atoms with Crippen LogP contribution in [0.5, 0.6) is 5.88 Å². The third kappa shape index (κ3) is 3.19. The Morgan fingerprint density at radius 3 is 2.55 bits per heavy atom. The monoisotopic (exact) mass is 396 g/mol. The Kier molecular flexibility index (Phi) is 4.46. The first-order valence-corrected chi connectivity index (χ1v) is 9.03. The first-order valence-electron chi connectivity index (χ1n) is 9.03. The highest BCUT2D eigenvalue weighted by atomic mass is 19.1. The number of rotatable bonds is 4. The Balaban J connectivity index is 1.87. The van der Waals surface area contributed by atoms with Crippen molar-refractivity contribution < 1.29 is 13.9 Å². The zero-order valence-corrected chi connectivity index (χ0v) is 16.3. The van der Waals surface area contributed by atoms with Crippen LogP contribution in [-0.2, 0) is 16.9 Å². The molecule has 3 heterocycles.